The van der Waals surface area contributed by atoms with Crippen LogP contribution in [0.15, 0.2) is 10.6 Å². The molecule has 0 aliphatic heterocycles. The minimum atomic E-state index is 0.488. The molecule has 0 atom stereocenters. The number of hydrogen-bond donors (Lipinski definition) is 0. The summed E-state index contributed by atoms with van der Waals surface area (Å²) in [4.78, 5) is 6.03. The Morgan fingerprint density at radius 2 is 2.13 bits per heavy atom. The molecule has 6 heteroatoms. The summed E-state index contributed by atoms with van der Waals surface area (Å²) in [5.41, 5.74) is 1.75. The summed E-state index contributed by atoms with van der Waals surface area (Å²) < 4.78 is 6.87. The van der Waals surface area contributed by atoms with Gasteiger partial charge in [-0.1, -0.05) is 0 Å². The van der Waals surface area contributed by atoms with Gasteiger partial charge in [0.25, 0.3) is 11.8 Å². The van der Waals surface area contributed by atoms with Crippen LogP contribution in [0.5, 0.6) is 0 Å². The summed E-state index contributed by atoms with van der Waals surface area (Å²) in [6.07, 6.45) is 0. The van der Waals surface area contributed by atoms with Gasteiger partial charge in [0.15, 0.2) is 0 Å². The molecule has 2 aromatic heterocycles. The van der Waals surface area contributed by atoms with E-state index in [-0.39, 0.29) is 0 Å². The molecule has 2 aromatic rings. The van der Waals surface area contributed by atoms with E-state index in [1.807, 2.05) is 34.1 Å². The third-order valence-corrected chi connectivity index (χ3v) is 2.04. The van der Waals surface area contributed by atoms with Crippen LogP contribution >= 0.6 is 0 Å². The molecule has 2 rings (SSSR count). The quantitative estimate of drug-likeness (QED) is 0.730. The summed E-state index contributed by atoms with van der Waals surface area (Å²) in [6.45, 7) is 1.92. The van der Waals surface area contributed by atoms with Crippen LogP contribution in [0.2, 0.25) is 0 Å². The predicted molar refractivity (Wildman–Crippen MR) is 55.6 cm³/mol. The van der Waals surface area contributed by atoms with Gasteiger partial charge in [0.1, 0.15) is 5.69 Å². The molecule has 2 heterocycles. The van der Waals surface area contributed by atoms with E-state index in [0.29, 0.717) is 11.8 Å². The van der Waals surface area contributed by atoms with Gasteiger partial charge in [-0.05, 0) is 18.1 Å². The third-order valence-electron chi connectivity index (χ3n) is 2.04. The van der Waals surface area contributed by atoms with Crippen molar-refractivity contribution in [3.05, 3.63) is 11.8 Å². The second kappa shape index (κ2) is 3.38. The van der Waals surface area contributed by atoms with Crippen LogP contribution in [0.25, 0.3) is 11.6 Å². The summed E-state index contributed by atoms with van der Waals surface area (Å²) in [5.74, 6) is 1.05. The van der Waals surface area contributed by atoms with E-state index in [9.17, 15) is 0 Å². The normalized spacial score (nSPS) is 10.7. The largest absolute Gasteiger partial charge is 0.344 e. The monoisotopic (exact) mass is 207 g/mol. The van der Waals surface area contributed by atoms with Gasteiger partial charge in [-0.3, -0.25) is 4.68 Å². The Hall–Kier alpha value is -1.85. The van der Waals surface area contributed by atoms with E-state index in [1.54, 1.807) is 9.58 Å². The summed E-state index contributed by atoms with van der Waals surface area (Å²) >= 11 is 0. The minimum Gasteiger partial charge on any atom is -0.344 e. The van der Waals surface area contributed by atoms with Gasteiger partial charge >= 0.3 is 0 Å². The zero-order valence-electron chi connectivity index (χ0n) is 9.22. The van der Waals surface area contributed by atoms with Gasteiger partial charge < -0.3 is 9.42 Å². The number of hydrogen-bond acceptors (Lipinski definition) is 5. The fourth-order valence-corrected chi connectivity index (χ4v) is 1.31. The fourth-order valence-electron chi connectivity index (χ4n) is 1.31. The zero-order chi connectivity index (χ0) is 11.0. The highest BCUT2D eigenvalue weighted by atomic mass is 16.5. The fraction of sp³-hybridized carbons (Fsp3) is 0.444. The molecule has 0 aliphatic carbocycles. The van der Waals surface area contributed by atoms with Crippen molar-refractivity contribution in [2.75, 3.05) is 19.0 Å². The van der Waals surface area contributed by atoms with E-state index in [4.69, 9.17) is 4.52 Å². The first-order chi connectivity index (χ1) is 7.08. The molecule has 0 unspecified atom stereocenters. The van der Waals surface area contributed by atoms with Crippen molar-refractivity contribution in [2.45, 2.75) is 6.92 Å². The molecule has 15 heavy (non-hydrogen) atoms. The molecular formula is C9H13N5O. The first-order valence-corrected chi connectivity index (χ1v) is 4.60. The number of nitrogens with zero attached hydrogens (tertiary/aromatic N) is 5. The maximum atomic E-state index is 5.14. The molecule has 0 radical (unpaired) electrons. The Balaban J connectivity index is 2.41. The van der Waals surface area contributed by atoms with Crippen LogP contribution in [0.4, 0.5) is 5.95 Å². The van der Waals surface area contributed by atoms with Crippen LogP contribution in [0, 0.1) is 6.92 Å². The maximum Gasteiger partial charge on any atom is 0.277 e. The average Bonchev–Trinajstić information content (AvgIpc) is 2.71. The van der Waals surface area contributed by atoms with Crippen LogP contribution in [0.3, 0.4) is 0 Å². The molecule has 6 nitrogen and oxygen atoms in total. The van der Waals surface area contributed by atoms with Crippen molar-refractivity contribution in [3.63, 3.8) is 0 Å². The van der Waals surface area contributed by atoms with E-state index < -0.39 is 0 Å². The first kappa shape index (κ1) is 9.70. The Morgan fingerprint density at radius 1 is 1.40 bits per heavy atom. The van der Waals surface area contributed by atoms with E-state index in [2.05, 4.69) is 15.2 Å². The van der Waals surface area contributed by atoms with Crippen LogP contribution in [-0.2, 0) is 7.05 Å². The third kappa shape index (κ3) is 1.70. The van der Waals surface area contributed by atoms with Crippen LogP contribution < -0.4 is 4.90 Å². The van der Waals surface area contributed by atoms with Crippen molar-refractivity contribution < 1.29 is 4.52 Å². The number of rotatable bonds is 2. The molecule has 0 amide bonds. The Bertz CT molecular complexity index is 471. The molecule has 0 saturated carbocycles. The molecule has 0 N–H and O–H groups in total. The number of aryl methyl sites for hydroxylation is 2. The molecule has 0 spiro atoms. The van der Waals surface area contributed by atoms with Crippen molar-refractivity contribution in [2.24, 2.45) is 7.05 Å². The lowest BCUT2D eigenvalue weighted by Crippen LogP contribution is -2.10. The minimum absolute atomic E-state index is 0.488. The van der Waals surface area contributed by atoms with Crippen molar-refractivity contribution in [1.82, 2.24) is 19.9 Å². The molecule has 80 valence electrons. The average molecular weight is 207 g/mol. The molecule has 0 aromatic carbocycles. The van der Waals surface area contributed by atoms with E-state index in [1.165, 1.54) is 0 Å². The highest BCUT2D eigenvalue weighted by Crippen LogP contribution is 2.19. The lowest BCUT2D eigenvalue weighted by atomic mass is 10.4. The van der Waals surface area contributed by atoms with Crippen molar-refractivity contribution in [3.8, 4) is 11.6 Å². The van der Waals surface area contributed by atoms with E-state index >= 15 is 0 Å². The van der Waals surface area contributed by atoms with Crippen LogP contribution in [0.1, 0.15) is 5.69 Å². The number of anilines is 1. The summed E-state index contributed by atoms with van der Waals surface area (Å²) in [5, 5.41) is 8.06. The number of aromatic nitrogens is 4. The highest BCUT2D eigenvalue weighted by Gasteiger charge is 2.13. The lowest BCUT2D eigenvalue weighted by Gasteiger charge is -2.02. The first-order valence-electron chi connectivity index (χ1n) is 4.60. The molecule has 0 fully saturated rings. The van der Waals surface area contributed by atoms with Crippen molar-refractivity contribution in [1.29, 1.82) is 0 Å². The summed E-state index contributed by atoms with van der Waals surface area (Å²) in [7, 11) is 5.58. The van der Waals surface area contributed by atoms with Gasteiger partial charge in [0.2, 0.25) is 0 Å². The standard InChI is InChI=1S/C9H13N5O/c1-6-5-7(14(4)11-6)8-10-9(12-15-8)13(2)3/h5H,1-4H3. The molecular weight excluding hydrogens is 194 g/mol. The Morgan fingerprint density at radius 3 is 2.60 bits per heavy atom. The van der Waals surface area contributed by atoms with Gasteiger partial charge in [-0.25, -0.2) is 0 Å². The second-order valence-electron chi connectivity index (χ2n) is 3.59. The smallest absolute Gasteiger partial charge is 0.277 e. The molecule has 0 bridgehead atoms. The van der Waals surface area contributed by atoms with Gasteiger partial charge in [0, 0.05) is 21.1 Å². The highest BCUT2D eigenvalue weighted by molar-refractivity contribution is 5.49. The topological polar surface area (TPSA) is 60.0 Å². The van der Waals surface area contributed by atoms with E-state index in [0.717, 1.165) is 11.4 Å². The van der Waals surface area contributed by atoms with Gasteiger partial charge in [-0.2, -0.15) is 10.1 Å². The van der Waals surface area contributed by atoms with Gasteiger partial charge in [0.05, 0.1) is 5.69 Å². The Kier molecular flexibility index (Phi) is 2.18. The molecule has 0 aliphatic rings. The second-order valence-corrected chi connectivity index (χ2v) is 3.59. The SMILES string of the molecule is Cc1cc(-c2nc(N(C)C)no2)n(C)n1. The lowest BCUT2D eigenvalue weighted by molar-refractivity contribution is 0.427. The molecule has 0 saturated heterocycles. The summed E-state index contributed by atoms with van der Waals surface area (Å²) in [6, 6.07) is 1.91. The zero-order valence-corrected chi connectivity index (χ0v) is 9.22. The predicted octanol–water partition coefficient (Wildman–Crippen LogP) is 0.845. The van der Waals surface area contributed by atoms with Crippen molar-refractivity contribution >= 4 is 5.95 Å². The van der Waals surface area contributed by atoms with Gasteiger partial charge in [-0.15, -0.1) is 0 Å². The van der Waals surface area contributed by atoms with Crippen LogP contribution in [-0.4, -0.2) is 34.0 Å². The Labute approximate surface area is 87.5 Å². The maximum absolute atomic E-state index is 5.14.